The van der Waals surface area contributed by atoms with Gasteiger partial charge in [0.1, 0.15) is 0 Å². The van der Waals surface area contributed by atoms with Crippen LogP contribution in [0.4, 0.5) is 0 Å². The number of nitrogens with zero attached hydrogens (tertiary/aromatic N) is 1. The highest BCUT2D eigenvalue weighted by Gasteiger charge is 2.12. The summed E-state index contributed by atoms with van der Waals surface area (Å²) in [5, 5.41) is 3.84. The SMILES string of the molecule is CC(C)c1cc2cc(CC(C)c3cncc4ccccc34)ccc2[nH]1. The fourth-order valence-electron chi connectivity index (χ4n) is 3.64. The van der Waals surface area contributed by atoms with Gasteiger partial charge in [-0.1, -0.05) is 51.1 Å². The number of hydrogen-bond acceptors (Lipinski definition) is 1. The van der Waals surface area contributed by atoms with Crippen LogP contribution in [0.3, 0.4) is 0 Å². The van der Waals surface area contributed by atoms with Gasteiger partial charge < -0.3 is 4.98 Å². The Hall–Kier alpha value is -2.61. The third-order valence-corrected chi connectivity index (χ3v) is 5.10. The van der Waals surface area contributed by atoms with Crippen LogP contribution in [0.15, 0.2) is 60.9 Å². The third kappa shape index (κ3) is 3.05. The third-order valence-electron chi connectivity index (χ3n) is 5.10. The molecule has 2 heterocycles. The maximum absolute atomic E-state index is 4.44. The van der Waals surface area contributed by atoms with Crippen molar-refractivity contribution in [1.82, 2.24) is 9.97 Å². The van der Waals surface area contributed by atoms with Gasteiger partial charge in [-0.15, -0.1) is 0 Å². The number of rotatable bonds is 4. The Morgan fingerprint density at radius 2 is 1.76 bits per heavy atom. The summed E-state index contributed by atoms with van der Waals surface area (Å²) in [4.78, 5) is 7.96. The lowest BCUT2D eigenvalue weighted by Crippen LogP contribution is -2.00. The summed E-state index contributed by atoms with van der Waals surface area (Å²) in [6.45, 7) is 6.74. The molecule has 1 unspecified atom stereocenters. The number of benzene rings is 2. The van der Waals surface area contributed by atoms with Crippen LogP contribution in [0.1, 0.15) is 49.4 Å². The molecule has 2 heteroatoms. The summed E-state index contributed by atoms with van der Waals surface area (Å²) >= 11 is 0. The molecule has 0 aliphatic rings. The Morgan fingerprint density at radius 3 is 2.60 bits per heavy atom. The number of fused-ring (bicyclic) bond motifs is 2. The van der Waals surface area contributed by atoms with Crippen LogP contribution in [0.25, 0.3) is 21.7 Å². The Kier molecular flexibility index (Phi) is 4.04. The first-order chi connectivity index (χ1) is 12.1. The van der Waals surface area contributed by atoms with E-state index in [0.29, 0.717) is 11.8 Å². The molecule has 25 heavy (non-hydrogen) atoms. The Bertz CT molecular complexity index is 1020. The van der Waals surface area contributed by atoms with E-state index in [4.69, 9.17) is 0 Å². The zero-order chi connectivity index (χ0) is 17.4. The van der Waals surface area contributed by atoms with Gasteiger partial charge in [0.05, 0.1) is 0 Å². The van der Waals surface area contributed by atoms with Crippen LogP contribution in [0.5, 0.6) is 0 Å². The Labute approximate surface area is 148 Å². The molecule has 0 radical (unpaired) electrons. The van der Waals surface area contributed by atoms with Gasteiger partial charge in [0.2, 0.25) is 0 Å². The number of aromatic amines is 1. The molecule has 0 fully saturated rings. The summed E-state index contributed by atoms with van der Waals surface area (Å²) in [5.74, 6) is 0.955. The second-order valence-corrected chi connectivity index (χ2v) is 7.36. The molecule has 2 aromatic heterocycles. The fourth-order valence-corrected chi connectivity index (χ4v) is 3.64. The van der Waals surface area contributed by atoms with E-state index in [1.165, 1.54) is 38.5 Å². The largest absolute Gasteiger partial charge is 0.358 e. The van der Waals surface area contributed by atoms with Crippen LogP contribution < -0.4 is 0 Å². The lowest BCUT2D eigenvalue weighted by molar-refractivity contribution is 0.762. The maximum Gasteiger partial charge on any atom is 0.0456 e. The van der Waals surface area contributed by atoms with Gasteiger partial charge in [0.15, 0.2) is 0 Å². The predicted molar refractivity (Wildman–Crippen MR) is 106 cm³/mol. The average molecular weight is 328 g/mol. The van der Waals surface area contributed by atoms with Crippen LogP contribution in [-0.2, 0) is 6.42 Å². The summed E-state index contributed by atoms with van der Waals surface area (Å²) in [6, 6.07) is 17.6. The molecule has 0 saturated carbocycles. The number of hydrogen-bond donors (Lipinski definition) is 1. The van der Waals surface area contributed by atoms with Crippen molar-refractivity contribution in [3.8, 4) is 0 Å². The van der Waals surface area contributed by atoms with E-state index in [0.717, 1.165) is 6.42 Å². The van der Waals surface area contributed by atoms with E-state index in [1.54, 1.807) is 0 Å². The minimum Gasteiger partial charge on any atom is -0.358 e. The highest BCUT2D eigenvalue weighted by atomic mass is 14.7. The van der Waals surface area contributed by atoms with Crippen molar-refractivity contribution in [1.29, 1.82) is 0 Å². The molecule has 126 valence electrons. The second-order valence-electron chi connectivity index (χ2n) is 7.36. The standard InChI is InChI=1S/C23H24N2/c1-15(2)23-12-19-11-17(8-9-22(19)25-23)10-16(3)21-14-24-13-18-6-4-5-7-20(18)21/h4-9,11-16,25H,10H2,1-3H3. The minimum absolute atomic E-state index is 0.430. The second kappa shape index (κ2) is 6.36. The van der Waals surface area contributed by atoms with E-state index in [9.17, 15) is 0 Å². The smallest absolute Gasteiger partial charge is 0.0456 e. The first-order valence-corrected chi connectivity index (χ1v) is 9.06. The molecule has 0 aliphatic carbocycles. The molecule has 1 N–H and O–H groups in total. The summed E-state index contributed by atoms with van der Waals surface area (Å²) in [7, 11) is 0. The number of pyridine rings is 1. The Balaban J connectivity index is 1.65. The van der Waals surface area contributed by atoms with Gasteiger partial charge in [-0.3, -0.25) is 4.98 Å². The van der Waals surface area contributed by atoms with E-state index in [1.807, 2.05) is 12.4 Å². The van der Waals surface area contributed by atoms with Gasteiger partial charge in [-0.05, 0) is 58.4 Å². The van der Waals surface area contributed by atoms with Crippen LogP contribution in [-0.4, -0.2) is 9.97 Å². The highest BCUT2D eigenvalue weighted by Crippen LogP contribution is 2.29. The summed E-state index contributed by atoms with van der Waals surface area (Å²) in [6.07, 6.45) is 5.00. The molecule has 0 bridgehead atoms. The molecule has 1 atom stereocenters. The van der Waals surface area contributed by atoms with Crippen molar-refractivity contribution in [2.45, 2.75) is 39.0 Å². The number of nitrogens with one attached hydrogen (secondary N) is 1. The molecule has 4 rings (SSSR count). The van der Waals surface area contributed by atoms with Crippen LogP contribution in [0, 0.1) is 0 Å². The minimum atomic E-state index is 0.430. The first-order valence-electron chi connectivity index (χ1n) is 9.06. The van der Waals surface area contributed by atoms with E-state index >= 15 is 0 Å². The summed E-state index contributed by atoms with van der Waals surface area (Å²) in [5.41, 5.74) is 5.24. The van der Waals surface area contributed by atoms with Crippen molar-refractivity contribution >= 4 is 21.7 Å². The van der Waals surface area contributed by atoms with E-state index in [-0.39, 0.29) is 0 Å². The zero-order valence-corrected chi connectivity index (χ0v) is 15.1. The summed E-state index contributed by atoms with van der Waals surface area (Å²) < 4.78 is 0. The van der Waals surface area contributed by atoms with E-state index < -0.39 is 0 Å². The van der Waals surface area contributed by atoms with Crippen LogP contribution in [0.2, 0.25) is 0 Å². The molecule has 2 aromatic carbocycles. The lowest BCUT2D eigenvalue weighted by Gasteiger charge is -2.14. The molecule has 0 saturated heterocycles. The Morgan fingerprint density at radius 1 is 0.920 bits per heavy atom. The number of aromatic nitrogens is 2. The lowest BCUT2D eigenvalue weighted by atomic mass is 9.91. The monoisotopic (exact) mass is 328 g/mol. The van der Waals surface area contributed by atoms with E-state index in [2.05, 4.69) is 79.3 Å². The van der Waals surface area contributed by atoms with Gasteiger partial charge in [0.25, 0.3) is 0 Å². The molecule has 0 spiro atoms. The quantitative estimate of drug-likeness (QED) is 0.475. The fraction of sp³-hybridized carbons (Fsp3) is 0.261. The van der Waals surface area contributed by atoms with Crippen molar-refractivity contribution in [3.05, 3.63) is 77.7 Å². The van der Waals surface area contributed by atoms with Gasteiger partial charge in [0, 0.05) is 29.0 Å². The normalized spacial score (nSPS) is 13.0. The zero-order valence-electron chi connectivity index (χ0n) is 15.1. The van der Waals surface area contributed by atoms with Gasteiger partial charge in [-0.2, -0.15) is 0 Å². The molecular weight excluding hydrogens is 304 g/mol. The van der Waals surface area contributed by atoms with Crippen LogP contribution >= 0.6 is 0 Å². The van der Waals surface area contributed by atoms with Gasteiger partial charge in [-0.25, -0.2) is 0 Å². The maximum atomic E-state index is 4.44. The molecular formula is C23H24N2. The highest BCUT2D eigenvalue weighted by molar-refractivity contribution is 5.85. The molecule has 0 amide bonds. The number of H-pyrrole nitrogens is 1. The molecule has 0 aliphatic heterocycles. The topological polar surface area (TPSA) is 28.7 Å². The molecule has 4 aromatic rings. The van der Waals surface area contributed by atoms with Gasteiger partial charge >= 0.3 is 0 Å². The molecule has 2 nitrogen and oxygen atoms in total. The van der Waals surface area contributed by atoms with Crippen molar-refractivity contribution in [3.63, 3.8) is 0 Å². The first kappa shape index (κ1) is 15.9. The van der Waals surface area contributed by atoms with Crippen molar-refractivity contribution in [2.24, 2.45) is 0 Å². The predicted octanol–water partition coefficient (Wildman–Crippen LogP) is 6.19. The average Bonchev–Trinajstić information content (AvgIpc) is 3.05. The van der Waals surface area contributed by atoms with Crippen molar-refractivity contribution < 1.29 is 0 Å². The van der Waals surface area contributed by atoms with Crippen molar-refractivity contribution in [2.75, 3.05) is 0 Å².